The van der Waals surface area contributed by atoms with Crippen LogP contribution in [-0.2, 0) is 24.3 Å². The molecule has 0 unspecified atom stereocenters. The van der Waals surface area contributed by atoms with Gasteiger partial charge in [0.15, 0.2) is 0 Å². The quantitative estimate of drug-likeness (QED) is 0.286. The number of fused-ring (bicyclic) bond motifs is 1. The second-order valence-corrected chi connectivity index (χ2v) is 11.5. The molecule has 208 valence electrons. The molecule has 7 heteroatoms. The number of hydrogen-bond acceptors (Lipinski definition) is 4. The summed E-state index contributed by atoms with van der Waals surface area (Å²) in [5.74, 6) is 1.42. The van der Waals surface area contributed by atoms with Crippen molar-refractivity contribution in [3.63, 3.8) is 0 Å². The fraction of sp³-hybridized carbons (Fsp3) is 0.394. The molecule has 0 radical (unpaired) electrons. The number of amides is 1. The zero-order valence-electron chi connectivity index (χ0n) is 23.3. The highest BCUT2D eigenvalue weighted by Gasteiger charge is 2.32. The molecule has 2 aliphatic rings. The summed E-state index contributed by atoms with van der Waals surface area (Å²) in [5, 5.41) is 0.746. The van der Waals surface area contributed by atoms with E-state index < -0.39 is 0 Å². The lowest BCUT2D eigenvalue weighted by Gasteiger charge is -2.40. The molecule has 1 amide bonds. The zero-order valence-corrected chi connectivity index (χ0v) is 24.1. The number of rotatable bonds is 7. The number of halogens is 1. The van der Waals surface area contributed by atoms with Crippen LogP contribution >= 0.6 is 11.6 Å². The molecule has 6 nitrogen and oxygen atoms in total. The summed E-state index contributed by atoms with van der Waals surface area (Å²) in [6.45, 7) is 8.87. The van der Waals surface area contributed by atoms with Crippen molar-refractivity contribution < 1.29 is 4.79 Å². The van der Waals surface area contributed by atoms with E-state index in [2.05, 4.69) is 80.8 Å². The molecule has 6 rings (SSSR count). The number of piperidine rings is 1. The average molecular weight is 556 g/mol. The van der Waals surface area contributed by atoms with Gasteiger partial charge in [-0.3, -0.25) is 9.69 Å². The van der Waals surface area contributed by atoms with Crippen LogP contribution in [0.3, 0.4) is 0 Å². The molecular weight excluding hydrogens is 518 g/mol. The van der Waals surface area contributed by atoms with Crippen molar-refractivity contribution in [2.24, 2.45) is 5.92 Å². The minimum Gasteiger partial charge on any atom is -0.368 e. The molecule has 0 bridgehead atoms. The number of carbonyl (C=O) groups excluding carboxylic acids is 1. The van der Waals surface area contributed by atoms with Gasteiger partial charge >= 0.3 is 0 Å². The molecule has 3 aromatic carbocycles. The predicted octanol–water partition coefficient (Wildman–Crippen LogP) is 5.86. The number of imidazole rings is 1. The molecule has 2 fully saturated rings. The van der Waals surface area contributed by atoms with Crippen LogP contribution in [0.25, 0.3) is 11.0 Å². The summed E-state index contributed by atoms with van der Waals surface area (Å²) in [4.78, 5) is 25.7. The largest absolute Gasteiger partial charge is 0.368 e. The summed E-state index contributed by atoms with van der Waals surface area (Å²) in [7, 11) is 0. The number of likely N-dealkylation sites (tertiary alicyclic amines) is 1. The molecule has 2 saturated heterocycles. The van der Waals surface area contributed by atoms with Crippen molar-refractivity contribution in [3.8, 4) is 0 Å². The lowest BCUT2D eigenvalue weighted by atomic mass is 9.96. The van der Waals surface area contributed by atoms with Crippen molar-refractivity contribution >= 4 is 34.2 Å². The first kappa shape index (κ1) is 26.9. The van der Waals surface area contributed by atoms with E-state index in [0.717, 1.165) is 93.5 Å². The third-order valence-electron chi connectivity index (χ3n) is 8.51. The Bertz CT molecular complexity index is 1460. The Morgan fingerprint density at radius 2 is 1.65 bits per heavy atom. The van der Waals surface area contributed by atoms with E-state index in [4.69, 9.17) is 16.6 Å². The van der Waals surface area contributed by atoms with Crippen LogP contribution in [0.5, 0.6) is 0 Å². The van der Waals surface area contributed by atoms with Crippen molar-refractivity contribution in [2.75, 3.05) is 44.2 Å². The Morgan fingerprint density at radius 3 is 2.45 bits per heavy atom. The molecule has 0 aliphatic carbocycles. The summed E-state index contributed by atoms with van der Waals surface area (Å²) in [6, 6.07) is 25.1. The first-order valence-electron chi connectivity index (χ1n) is 14.6. The van der Waals surface area contributed by atoms with Gasteiger partial charge in [-0.25, -0.2) is 4.98 Å². The molecule has 4 aromatic rings. The predicted molar refractivity (Wildman–Crippen MR) is 163 cm³/mol. The van der Waals surface area contributed by atoms with Gasteiger partial charge in [0.25, 0.3) is 0 Å². The molecule has 1 aromatic heterocycles. The van der Waals surface area contributed by atoms with Crippen LogP contribution in [-0.4, -0.2) is 64.5 Å². The van der Waals surface area contributed by atoms with Crippen LogP contribution < -0.4 is 4.90 Å². The van der Waals surface area contributed by atoms with Gasteiger partial charge in [-0.15, -0.1) is 0 Å². The summed E-state index contributed by atoms with van der Waals surface area (Å²) in [6.07, 6.45) is 3.04. The molecule has 3 heterocycles. The van der Waals surface area contributed by atoms with E-state index in [-0.39, 0.29) is 5.92 Å². The normalized spacial score (nSPS) is 18.4. The highest BCUT2D eigenvalue weighted by Crippen LogP contribution is 2.26. The Hall–Kier alpha value is -3.35. The SMILES string of the molecule is CCc1ccccc1N1CCN(C(=O)[C@H]2CCCN(Cc3nc4ccccc4n3Cc3ccc(Cl)cc3)C2)CC1. The van der Waals surface area contributed by atoms with E-state index in [1.54, 1.807) is 0 Å². The van der Waals surface area contributed by atoms with E-state index in [1.165, 1.54) is 16.8 Å². The third-order valence-corrected chi connectivity index (χ3v) is 8.76. The van der Waals surface area contributed by atoms with E-state index >= 15 is 0 Å². The second-order valence-electron chi connectivity index (χ2n) is 11.1. The number of nitrogens with zero attached hydrogens (tertiary/aromatic N) is 5. The lowest BCUT2D eigenvalue weighted by molar-refractivity contribution is -0.137. The molecule has 1 atom stereocenters. The van der Waals surface area contributed by atoms with Gasteiger partial charge in [-0.1, -0.05) is 61.0 Å². The van der Waals surface area contributed by atoms with Crippen LogP contribution in [0, 0.1) is 5.92 Å². The Balaban J connectivity index is 1.12. The fourth-order valence-corrected chi connectivity index (χ4v) is 6.47. The van der Waals surface area contributed by atoms with Crippen molar-refractivity contribution in [1.29, 1.82) is 0 Å². The lowest BCUT2D eigenvalue weighted by Crippen LogP contribution is -2.52. The summed E-state index contributed by atoms with van der Waals surface area (Å²) < 4.78 is 2.32. The number of piperazine rings is 1. The van der Waals surface area contributed by atoms with Gasteiger partial charge in [0.1, 0.15) is 5.82 Å². The first-order chi connectivity index (χ1) is 19.6. The fourth-order valence-electron chi connectivity index (χ4n) is 6.34. The first-order valence-corrected chi connectivity index (χ1v) is 15.0. The third kappa shape index (κ3) is 5.74. The minimum absolute atomic E-state index is 0.0531. The number of para-hydroxylation sites is 3. The smallest absolute Gasteiger partial charge is 0.227 e. The molecular formula is C33H38ClN5O. The minimum atomic E-state index is 0.0531. The number of carbonyl (C=O) groups is 1. The van der Waals surface area contributed by atoms with Gasteiger partial charge in [-0.05, 0) is 67.3 Å². The Morgan fingerprint density at radius 1 is 0.900 bits per heavy atom. The highest BCUT2D eigenvalue weighted by molar-refractivity contribution is 6.30. The van der Waals surface area contributed by atoms with Crippen molar-refractivity contribution in [1.82, 2.24) is 19.4 Å². The molecule has 0 saturated carbocycles. The highest BCUT2D eigenvalue weighted by atomic mass is 35.5. The Kier molecular flexibility index (Phi) is 8.08. The average Bonchev–Trinajstić information content (AvgIpc) is 3.34. The standard InChI is InChI=1S/C33H38ClN5O/c1-2-26-8-3-5-11-30(26)37-18-20-38(21-19-37)33(40)27-9-7-17-36(23-27)24-32-35-29-10-4-6-12-31(29)39(32)22-25-13-15-28(34)16-14-25/h3-6,8,10-16,27H,2,7,9,17-24H2,1H3/t27-/m0/s1. The topological polar surface area (TPSA) is 44.6 Å². The van der Waals surface area contributed by atoms with E-state index in [0.29, 0.717) is 5.91 Å². The van der Waals surface area contributed by atoms with Gasteiger partial charge in [0.05, 0.1) is 23.5 Å². The van der Waals surface area contributed by atoms with Gasteiger partial charge in [0.2, 0.25) is 5.91 Å². The van der Waals surface area contributed by atoms with Crippen LogP contribution in [0.1, 0.15) is 36.7 Å². The van der Waals surface area contributed by atoms with Crippen LogP contribution in [0.2, 0.25) is 5.02 Å². The second kappa shape index (κ2) is 12.0. The number of benzene rings is 3. The van der Waals surface area contributed by atoms with E-state index in [9.17, 15) is 4.79 Å². The van der Waals surface area contributed by atoms with Gasteiger partial charge in [0, 0.05) is 50.0 Å². The maximum Gasteiger partial charge on any atom is 0.227 e. The number of aromatic nitrogens is 2. The molecule has 0 spiro atoms. The van der Waals surface area contributed by atoms with E-state index in [1.807, 2.05) is 18.2 Å². The maximum atomic E-state index is 13.6. The summed E-state index contributed by atoms with van der Waals surface area (Å²) in [5.41, 5.74) is 6.05. The van der Waals surface area contributed by atoms with Crippen LogP contribution in [0.4, 0.5) is 5.69 Å². The number of aryl methyl sites for hydroxylation is 1. The number of hydrogen-bond donors (Lipinski definition) is 0. The van der Waals surface area contributed by atoms with Gasteiger partial charge < -0.3 is 14.4 Å². The zero-order chi connectivity index (χ0) is 27.5. The molecule has 40 heavy (non-hydrogen) atoms. The maximum absolute atomic E-state index is 13.6. The Labute approximate surface area is 242 Å². The monoisotopic (exact) mass is 555 g/mol. The number of anilines is 1. The molecule has 2 aliphatic heterocycles. The van der Waals surface area contributed by atoms with Gasteiger partial charge in [-0.2, -0.15) is 0 Å². The summed E-state index contributed by atoms with van der Waals surface area (Å²) >= 11 is 6.13. The van der Waals surface area contributed by atoms with Crippen LogP contribution in [0.15, 0.2) is 72.8 Å². The van der Waals surface area contributed by atoms with Crippen molar-refractivity contribution in [3.05, 3.63) is 94.8 Å². The van der Waals surface area contributed by atoms with Crippen molar-refractivity contribution in [2.45, 2.75) is 39.3 Å². The molecule has 0 N–H and O–H groups in total.